The zero-order chi connectivity index (χ0) is 17.3. The van der Waals surface area contributed by atoms with Gasteiger partial charge in [0.2, 0.25) is 0 Å². The lowest BCUT2D eigenvalue weighted by atomic mass is 9.56. The normalized spacial score (nSPS) is 25.4. The summed E-state index contributed by atoms with van der Waals surface area (Å²) in [4.78, 5) is 4.21. The van der Waals surface area contributed by atoms with E-state index in [4.69, 9.17) is 4.74 Å². The monoisotopic (exact) mass is 451 g/mol. The number of hydrogen-bond acceptors (Lipinski definition) is 3. The molecule has 0 bridgehead atoms. The Morgan fingerprint density at radius 2 is 2.08 bits per heavy atom. The van der Waals surface area contributed by atoms with Crippen LogP contribution < -0.4 is 10.6 Å². The van der Waals surface area contributed by atoms with E-state index in [2.05, 4.69) is 36.4 Å². The van der Waals surface area contributed by atoms with Crippen molar-refractivity contribution in [1.82, 2.24) is 10.6 Å². The van der Waals surface area contributed by atoms with Crippen LogP contribution in [0.15, 0.2) is 23.2 Å². The molecule has 24 heavy (non-hydrogen) atoms. The first-order valence-electron chi connectivity index (χ1n) is 7.73. The highest BCUT2D eigenvalue weighted by Crippen LogP contribution is 2.51. The Kier molecular flexibility index (Phi) is 6.86. The number of benzene rings is 1. The predicted octanol–water partition coefficient (Wildman–Crippen LogP) is 3.02. The summed E-state index contributed by atoms with van der Waals surface area (Å²) in [5.41, 5.74) is 0.561. The van der Waals surface area contributed by atoms with Gasteiger partial charge in [0.25, 0.3) is 0 Å². The van der Waals surface area contributed by atoms with Crippen molar-refractivity contribution in [3.63, 3.8) is 0 Å². The van der Waals surface area contributed by atoms with Crippen LogP contribution in [-0.4, -0.2) is 36.9 Å². The van der Waals surface area contributed by atoms with Gasteiger partial charge < -0.3 is 20.5 Å². The van der Waals surface area contributed by atoms with E-state index < -0.39 is 5.82 Å². The Hall–Kier alpha value is -1.09. The van der Waals surface area contributed by atoms with Gasteiger partial charge >= 0.3 is 0 Å². The molecule has 3 N–H and O–H groups in total. The van der Waals surface area contributed by atoms with E-state index in [9.17, 15) is 9.50 Å². The van der Waals surface area contributed by atoms with Crippen molar-refractivity contribution < 1.29 is 14.2 Å². The number of methoxy groups -OCH3 is 1. The van der Waals surface area contributed by atoms with Crippen molar-refractivity contribution >= 4 is 29.9 Å². The third-order valence-electron chi connectivity index (χ3n) is 5.28. The topological polar surface area (TPSA) is 65.9 Å². The van der Waals surface area contributed by atoms with Gasteiger partial charge in [0.05, 0.1) is 5.60 Å². The molecular formula is C17H27FIN3O2. The summed E-state index contributed by atoms with van der Waals surface area (Å²) in [5, 5.41) is 15.8. The molecule has 0 amide bonds. The zero-order valence-electron chi connectivity index (χ0n) is 14.8. The van der Waals surface area contributed by atoms with Crippen LogP contribution in [0.1, 0.15) is 32.8 Å². The Morgan fingerprint density at radius 3 is 2.58 bits per heavy atom. The second kappa shape index (κ2) is 7.86. The Morgan fingerprint density at radius 1 is 1.42 bits per heavy atom. The number of aromatic hydroxyl groups is 1. The molecule has 1 aliphatic rings. The highest BCUT2D eigenvalue weighted by atomic mass is 127. The number of guanidine groups is 1. The molecule has 2 rings (SSSR count). The summed E-state index contributed by atoms with van der Waals surface area (Å²) in [6.07, 6.45) is 0.894. The number of phenols is 1. The lowest BCUT2D eigenvalue weighted by Gasteiger charge is -2.59. The van der Waals surface area contributed by atoms with Crippen molar-refractivity contribution in [2.75, 3.05) is 14.2 Å². The molecule has 0 heterocycles. The molecule has 0 radical (unpaired) electrons. The number of rotatable bonds is 4. The average molecular weight is 451 g/mol. The van der Waals surface area contributed by atoms with Crippen LogP contribution in [0.3, 0.4) is 0 Å². The van der Waals surface area contributed by atoms with E-state index >= 15 is 0 Å². The first-order valence-corrected chi connectivity index (χ1v) is 7.73. The molecule has 0 spiro atoms. The summed E-state index contributed by atoms with van der Waals surface area (Å²) < 4.78 is 19.0. The van der Waals surface area contributed by atoms with E-state index in [0.29, 0.717) is 12.5 Å². The van der Waals surface area contributed by atoms with Crippen LogP contribution >= 0.6 is 24.0 Å². The molecule has 136 valence electrons. The molecule has 1 aromatic carbocycles. The van der Waals surface area contributed by atoms with Gasteiger partial charge in [0.15, 0.2) is 17.5 Å². The molecule has 0 aromatic heterocycles. The van der Waals surface area contributed by atoms with E-state index in [1.54, 1.807) is 20.2 Å². The molecule has 1 saturated carbocycles. The Labute approximate surface area is 160 Å². The first-order chi connectivity index (χ1) is 10.7. The molecule has 5 nitrogen and oxygen atoms in total. The molecule has 1 aromatic rings. The van der Waals surface area contributed by atoms with Crippen molar-refractivity contribution in [2.45, 2.75) is 45.4 Å². The Bertz CT molecular complexity index is 609. The van der Waals surface area contributed by atoms with Gasteiger partial charge in [0, 0.05) is 32.2 Å². The van der Waals surface area contributed by atoms with Crippen molar-refractivity contribution in [3.05, 3.63) is 29.6 Å². The molecular weight excluding hydrogens is 424 g/mol. The van der Waals surface area contributed by atoms with Crippen molar-refractivity contribution in [1.29, 1.82) is 0 Å². The van der Waals surface area contributed by atoms with Gasteiger partial charge in [-0.15, -0.1) is 24.0 Å². The van der Waals surface area contributed by atoms with Gasteiger partial charge in [-0.25, -0.2) is 4.39 Å². The fourth-order valence-corrected chi connectivity index (χ4v) is 2.93. The first kappa shape index (κ1) is 21.0. The quantitative estimate of drug-likeness (QED) is 0.374. The summed E-state index contributed by atoms with van der Waals surface area (Å²) in [6.45, 7) is 6.87. The number of nitrogens with zero attached hydrogens (tertiary/aromatic N) is 1. The van der Waals surface area contributed by atoms with Crippen LogP contribution in [0, 0.1) is 11.2 Å². The molecule has 2 atom stereocenters. The molecule has 1 aliphatic carbocycles. The van der Waals surface area contributed by atoms with Crippen molar-refractivity contribution in [2.24, 2.45) is 10.4 Å². The minimum atomic E-state index is -0.622. The predicted molar refractivity (Wildman–Crippen MR) is 104 cm³/mol. The lowest BCUT2D eigenvalue weighted by Crippen LogP contribution is -2.69. The van der Waals surface area contributed by atoms with Gasteiger partial charge in [-0.3, -0.25) is 4.99 Å². The van der Waals surface area contributed by atoms with Gasteiger partial charge in [-0.05, 0) is 31.0 Å². The highest BCUT2D eigenvalue weighted by Gasteiger charge is 2.58. The minimum absolute atomic E-state index is 0. The molecule has 0 aliphatic heterocycles. The van der Waals surface area contributed by atoms with Crippen LogP contribution in [0.5, 0.6) is 5.75 Å². The summed E-state index contributed by atoms with van der Waals surface area (Å²) in [7, 11) is 3.44. The van der Waals surface area contributed by atoms with Gasteiger partial charge in [0.1, 0.15) is 0 Å². The van der Waals surface area contributed by atoms with E-state index in [1.807, 2.05) is 0 Å². The van der Waals surface area contributed by atoms with Crippen molar-refractivity contribution in [3.8, 4) is 5.75 Å². The van der Waals surface area contributed by atoms with Crippen LogP contribution in [0.4, 0.5) is 4.39 Å². The van der Waals surface area contributed by atoms with Gasteiger partial charge in [-0.2, -0.15) is 0 Å². The van der Waals surface area contributed by atoms with E-state index in [1.165, 1.54) is 12.1 Å². The standard InChI is InChI=1S/C17H26FN3O2.HI/c1-16(2)14(9-17(16,3)23-5)21-15(19-4)20-10-11-6-7-13(22)12(18)8-11;/h6-8,14,22H,9-10H2,1-5H3,(H2,19,20,21);1H. The fraction of sp³-hybridized carbons (Fsp3) is 0.588. The zero-order valence-corrected chi connectivity index (χ0v) is 17.1. The van der Waals surface area contributed by atoms with Crippen LogP contribution in [-0.2, 0) is 11.3 Å². The smallest absolute Gasteiger partial charge is 0.191 e. The molecule has 0 saturated heterocycles. The summed E-state index contributed by atoms with van der Waals surface area (Å²) in [6, 6.07) is 4.58. The maximum absolute atomic E-state index is 13.3. The SMILES string of the molecule is CN=C(NCc1ccc(O)c(F)c1)NC1CC(C)(OC)C1(C)C.I. The number of phenolic OH excluding ortho intramolecular Hbond substituents is 1. The average Bonchev–Trinajstić information content (AvgIpc) is 2.53. The highest BCUT2D eigenvalue weighted by molar-refractivity contribution is 14.0. The van der Waals surface area contributed by atoms with E-state index in [-0.39, 0.29) is 46.8 Å². The second-order valence-electron chi connectivity index (χ2n) is 6.77. The van der Waals surface area contributed by atoms with Gasteiger partial charge in [-0.1, -0.05) is 19.9 Å². The van der Waals surface area contributed by atoms with Crippen LogP contribution in [0.25, 0.3) is 0 Å². The number of hydrogen-bond donors (Lipinski definition) is 3. The number of aliphatic imine (C=N–C) groups is 1. The lowest BCUT2D eigenvalue weighted by molar-refractivity contribution is -0.176. The summed E-state index contributed by atoms with van der Waals surface area (Å²) in [5.74, 6) is -0.302. The second-order valence-corrected chi connectivity index (χ2v) is 6.77. The third-order valence-corrected chi connectivity index (χ3v) is 5.28. The number of ether oxygens (including phenoxy) is 1. The molecule has 1 fully saturated rings. The number of halogens is 2. The summed E-state index contributed by atoms with van der Waals surface area (Å²) >= 11 is 0. The molecule has 2 unspecified atom stereocenters. The minimum Gasteiger partial charge on any atom is -0.505 e. The Balaban J connectivity index is 0.00000288. The maximum atomic E-state index is 13.3. The largest absolute Gasteiger partial charge is 0.505 e. The molecule has 7 heteroatoms. The third kappa shape index (κ3) is 3.93. The number of nitrogens with one attached hydrogen (secondary N) is 2. The van der Waals surface area contributed by atoms with Crippen LogP contribution in [0.2, 0.25) is 0 Å². The van der Waals surface area contributed by atoms with E-state index in [0.717, 1.165) is 12.0 Å². The fourth-order valence-electron chi connectivity index (χ4n) is 2.93. The maximum Gasteiger partial charge on any atom is 0.191 e.